The number of ketones is 1. The number of carbonyl (C=O) groups excluding carboxylic acids is 1. The molecule has 1 rings (SSSR count). The molecule has 0 radical (unpaired) electrons. The van der Waals surface area contributed by atoms with Crippen molar-refractivity contribution in [2.75, 3.05) is 0 Å². The fourth-order valence-corrected chi connectivity index (χ4v) is 1.51. The second-order valence-electron chi connectivity index (χ2n) is 2.57. The Bertz CT molecular complexity index is 259. The van der Waals surface area contributed by atoms with Gasteiger partial charge >= 0.3 is 0 Å². The van der Waals surface area contributed by atoms with E-state index in [9.17, 15) is 4.79 Å². The lowest BCUT2D eigenvalue weighted by atomic mass is 10.2. The van der Waals surface area contributed by atoms with Crippen LogP contribution in [0.15, 0.2) is 23.6 Å². The first-order valence-corrected chi connectivity index (χ1v) is 4.95. The van der Waals surface area contributed by atoms with E-state index in [1.54, 1.807) is 17.4 Å². The number of thiophene rings is 1. The average Bonchev–Trinajstić information content (AvgIpc) is 2.53. The van der Waals surface area contributed by atoms with Crippen LogP contribution >= 0.6 is 11.3 Å². The molecule has 0 atom stereocenters. The molecule has 1 heterocycles. The van der Waals surface area contributed by atoms with Gasteiger partial charge in [0.15, 0.2) is 5.78 Å². The fraction of sp³-hybridized carbons (Fsp3) is 0.300. The van der Waals surface area contributed by atoms with Crippen LogP contribution in [0.2, 0.25) is 0 Å². The van der Waals surface area contributed by atoms with Gasteiger partial charge in [0.1, 0.15) is 0 Å². The number of rotatable bonds is 4. The van der Waals surface area contributed by atoms with E-state index in [1.165, 1.54) is 0 Å². The summed E-state index contributed by atoms with van der Waals surface area (Å²) in [7, 11) is 0. The zero-order valence-electron chi connectivity index (χ0n) is 7.12. The van der Waals surface area contributed by atoms with E-state index in [2.05, 4.69) is 0 Å². The molecule has 0 aliphatic heterocycles. The number of carbonyl (C=O) groups is 1. The lowest BCUT2D eigenvalue weighted by Gasteiger charge is -1.87. The molecule has 0 aromatic carbocycles. The molecule has 2 heteroatoms. The normalized spacial score (nSPS) is 10.8. The summed E-state index contributed by atoms with van der Waals surface area (Å²) in [5, 5.41) is 2.00. The van der Waals surface area contributed by atoms with Crippen molar-refractivity contribution < 1.29 is 4.79 Å². The largest absolute Gasteiger partial charge is 0.295 e. The van der Waals surface area contributed by atoms with Gasteiger partial charge < -0.3 is 0 Å². The minimum Gasteiger partial charge on any atom is -0.295 e. The van der Waals surface area contributed by atoms with Gasteiger partial charge in [0.05, 0.1) is 0 Å². The van der Waals surface area contributed by atoms with Crippen LogP contribution < -0.4 is 0 Å². The van der Waals surface area contributed by atoms with Crippen LogP contribution in [0, 0.1) is 0 Å². The van der Waals surface area contributed by atoms with Crippen molar-refractivity contribution in [1.82, 2.24) is 0 Å². The van der Waals surface area contributed by atoms with Crippen LogP contribution in [0.5, 0.6) is 0 Å². The topological polar surface area (TPSA) is 17.1 Å². The van der Waals surface area contributed by atoms with Crippen LogP contribution in [-0.2, 0) is 4.79 Å². The Hall–Kier alpha value is -0.890. The summed E-state index contributed by atoms with van der Waals surface area (Å²) in [6, 6.07) is 3.98. The van der Waals surface area contributed by atoms with E-state index < -0.39 is 0 Å². The molecule has 0 fully saturated rings. The van der Waals surface area contributed by atoms with E-state index >= 15 is 0 Å². The van der Waals surface area contributed by atoms with Crippen LogP contribution in [0.1, 0.15) is 24.6 Å². The van der Waals surface area contributed by atoms with Crippen molar-refractivity contribution in [3.8, 4) is 0 Å². The summed E-state index contributed by atoms with van der Waals surface area (Å²) in [6.07, 6.45) is 5.12. The van der Waals surface area contributed by atoms with Gasteiger partial charge in [-0.2, -0.15) is 0 Å². The molecule has 0 aliphatic carbocycles. The zero-order valence-corrected chi connectivity index (χ0v) is 7.93. The first-order chi connectivity index (χ1) is 5.83. The third-order valence-corrected chi connectivity index (χ3v) is 2.31. The van der Waals surface area contributed by atoms with E-state index in [1.807, 2.05) is 30.5 Å². The summed E-state index contributed by atoms with van der Waals surface area (Å²) in [5.74, 6) is 0.214. The average molecular weight is 180 g/mol. The molecule has 0 saturated heterocycles. The summed E-state index contributed by atoms with van der Waals surface area (Å²) in [5.41, 5.74) is 0. The van der Waals surface area contributed by atoms with Gasteiger partial charge in [-0.25, -0.2) is 0 Å². The lowest BCUT2D eigenvalue weighted by molar-refractivity contribution is -0.114. The Morgan fingerprint density at radius 1 is 1.67 bits per heavy atom. The molecule has 0 spiro atoms. The Morgan fingerprint density at radius 2 is 2.50 bits per heavy atom. The maximum absolute atomic E-state index is 11.1. The molecule has 1 aromatic rings. The predicted molar refractivity (Wildman–Crippen MR) is 53.3 cm³/mol. The highest BCUT2D eigenvalue weighted by atomic mass is 32.1. The van der Waals surface area contributed by atoms with Crippen molar-refractivity contribution in [3.63, 3.8) is 0 Å². The highest BCUT2D eigenvalue weighted by Crippen LogP contribution is 2.10. The molecular formula is C10H12OS. The standard InChI is InChI=1S/C10H12OS/c1-2-4-9(11)6-7-10-5-3-8-12-10/h3,5-8H,2,4H2,1H3. The van der Waals surface area contributed by atoms with E-state index in [0.29, 0.717) is 6.42 Å². The Balaban J connectivity index is 2.45. The molecule has 1 aromatic heterocycles. The summed E-state index contributed by atoms with van der Waals surface area (Å²) in [4.78, 5) is 12.2. The molecule has 0 bridgehead atoms. The highest BCUT2D eigenvalue weighted by molar-refractivity contribution is 7.10. The Labute approximate surface area is 76.7 Å². The predicted octanol–water partition coefficient (Wildman–Crippen LogP) is 3.13. The molecular weight excluding hydrogens is 168 g/mol. The second kappa shape index (κ2) is 4.88. The fourth-order valence-electron chi connectivity index (χ4n) is 0.891. The van der Waals surface area contributed by atoms with Gasteiger partial charge in [-0.05, 0) is 30.0 Å². The number of hydrogen-bond acceptors (Lipinski definition) is 2. The van der Waals surface area contributed by atoms with Crippen molar-refractivity contribution in [1.29, 1.82) is 0 Å². The highest BCUT2D eigenvalue weighted by Gasteiger charge is 1.93. The van der Waals surface area contributed by atoms with E-state index in [0.717, 1.165) is 11.3 Å². The van der Waals surface area contributed by atoms with Crippen molar-refractivity contribution in [2.45, 2.75) is 19.8 Å². The molecule has 0 N–H and O–H groups in total. The quantitative estimate of drug-likeness (QED) is 0.650. The van der Waals surface area contributed by atoms with Crippen LogP contribution in [0.25, 0.3) is 6.08 Å². The van der Waals surface area contributed by atoms with Gasteiger partial charge in [-0.3, -0.25) is 4.79 Å². The van der Waals surface area contributed by atoms with E-state index in [4.69, 9.17) is 0 Å². The van der Waals surface area contributed by atoms with Crippen LogP contribution in [0.3, 0.4) is 0 Å². The third kappa shape index (κ3) is 3.01. The molecule has 64 valence electrons. The lowest BCUT2D eigenvalue weighted by Crippen LogP contribution is -1.88. The van der Waals surface area contributed by atoms with Crippen molar-refractivity contribution in [2.24, 2.45) is 0 Å². The monoisotopic (exact) mass is 180 g/mol. The Kier molecular flexibility index (Phi) is 3.74. The molecule has 12 heavy (non-hydrogen) atoms. The van der Waals surface area contributed by atoms with Crippen LogP contribution in [0.4, 0.5) is 0 Å². The summed E-state index contributed by atoms with van der Waals surface area (Å²) in [6.45, 7) is 2.01. The number of hydrogen-bond donors (Lipinski definition) is 0. The van der Waals surface area contributed by atoms with Gasteiger partial charge in [-0.1, -0.05) is 13.0 Å². The van der Waals surface area contributed by atoms with Crippen LogP contribution in [-0.4, -0.2) is 5.78 Å². The second-order valence-corrected chi connectivity index (χ2v) is 3.54. The van der Waals surface area contributed by atoms with Crippen molar-refractivity contribution in [3.05, 3.63) is 28.5 Å². The van der Waals surface area contributed by atoms with E-state index in [-0.39, 0.29) is 5.78 Å². The minimum absolute atomic E-state index is 0.214. The summed E-state index contributed by atoms with van der Waals surface area (Å²) < 4.78 is 0. The zero-order chi connectivity index (χ0) is 8.81. The van der Waals surface area contributed by atoms with Crippen molar-refractivity contribution >= 4 is 23.2 Å². The maximum atomic E-state index is 11.1. The molecule has 0 aliphatic rings. The first kappa shape index (κ1) is 9.20. The number of allylic oxidation sites excluding steroid dienone is 1. The minimum atomic E-state index is 0.214. The van der Waals surface area contributed by atoms with Gasteiger partial charge in [-0.15, -0.1) is 11.3 Å². The molecule has 0 saturated carbocycles. The third-order valence-electron chi connectivity index (χ3n) is 1.47. The summed E-state index contributed by atoms with van der Waals surface area (Å²) >= 11 is 1.64. The van der Waals surface area contributed by atoms with Gasteiger partial charge in [0, 0.05) is 11.3 Å². The molecule has 1 nitrogen and oxygen atoms in total. The molecule has 0 amide bonds. The SMILES string of the molecule is CCCC(=O)C=Cc1cccs1. The molecule has 0 unspecified atom stereocenters. The Morgan fingerprint density at radius 3 is 3.08 bits per heavy atom. The van der Waals surface area contributed by atoms with Gasteiger partial charge in [0.2, 0.25) is 0 Å². The first-order valence-electron chi connectivity index (χ1n) is 4.07. The smallest absolute Gasteiger partial charge is 0.155 e. The van der Waals surface area contributed by atoms with Gasteiger partial charge in [0.25, 0.3) is 0 Å². The maximum Gasteiger partial charge on any atom is 0.155 e.